The summed E-state index contributed by atoms with van der Waals surface area (Å²) in [5.74, 6) is 0.743. The third-order valence-electron chi connectivity index (χ3n) is 4.89. The van der Waals surface area contributed by atoms with Gasteiger partial charge < -0.3 is 10.1 Å². The van der Waals surface area contributed by atoms with Gasteiger partial charge in [0.25, 0.3) is 5.91 Å². The number of anilines is 1. The summed E-state index contributed by atoms with van der Waals surface area (Å²) in [5, 5.41) is 2.99. The van der Waals surface area contributed by atoms with Gasteiger partial charge in [-0.1, -0.05) is 24.3 Å². The van der Waals surface area contributed by atoms with Gasteiger partial charge in [0.05, 0.1) is 0 Å². The van der Waals surface area contributed by atoms with E-state index in [4.69, 9.17) is 4.74 Å². The minimum Gasteiger partial charge on any atom is -0.481 e. The Morgan fingerprint density at radius 2 is 1.83 bits per heavy atom. The summed E-state index contributed by atoms with van der Waals surface area (Å²) in [6.45, 7) is 5.87. The van der Waals surface area contributed by atoms with Gasteiger partial charge in [-0.2, -0.15) is 0 Å². The SMILES string of the molecule is Cc1cccc(NC(=O)[C@@H](C)Oc2cccc3c2CCCC3)c1C. The van der Waals surface area contributed by atoms with Crippen molar-refractivity contribution in [2.45, 2.75) is 52.6 Å². The van der Waals surface area contributed by atoms with Crippen LogP contribution in [0.15, 0.2) is 36.4 Å². The summed E-state index contributed by atoms with van der Waals surface area (Å²) < 4.78 is 6.00. The molecule has 0 unspecified atom stereocenters. The molecule has 0 heterocycles. The number of rotatable bonds is 4. The molecule has 0 saturated heterocycles. The second-order valence-corrected chi connectivity index (χ2v) is 6.60. The highest BCUT2D eigenvalue weighted by molar-refractivity contribution is 5.94. The molecule has 0 saturated carbocycles. The van der Waals surface area contributed by atoms with Crippen molar-refractivity contribution >= 4 is 11.6 Å². The Hall–Kier alpha value is -2.29. The monoisotopic (exact) mass is 323 g/mol. The zero-order valence-corrected chi connectivity index (χ0v) is 14.7. The molecule has 0 aromatic heterocycles. The molecule has 1 amide bonds. The predicted octanol–water partition coefficient (Wildman–Crippen LogP) is 4.59. The van der Waals surface area contributed by atoms with Crippen molar-refractivity contribution in [1.82, 2.24) is 0 Å². The first-order chi connectivity index (χ1) is 11.6. The Bertz CT molecular complexity index is 751. The largest absolute Gasteiger partial charge is 0.481 e. The van der Waals surface area contributed by atoms with E-state index in [-0.39, 0.29) is 5.91 Å². The number of hydrogen-bond acceptors (Lipinski definition) is 2. The first-order valence-electron chi connectivity index (χ1n) is 8.71. The number of benzene rings is 2. The Labute approximate surface area is 144 Å². The van der Waals surface area contributed by atoms with Crippen molar-refractivity contribution in [2.24, 2.45) is 0 Å². The summed E-state index contributed by atoms with van der Waals surface area (Å²) in [7, 11) is 0. The molecule has 3 nitrogen and oxygen atoms in total. The van der Waals surface area contributed by atoms with Crippen LogP contribution in [0.4, 0.5) is 5.69 Å². The summed E-state index contributed by atoms with van der Waals surface area (Å²) in [6, 6.07) is 12.1. The highest BCUT2D eigenvalue weighted by Gasteiger charge is 2.20. The highest BCUT2D eigenvalue weighted by atomic mass is 16.5. The van der Waals surface area contributed by atoms with Gasteiger partial charge in [-0.15, -0.1) is 0 Å². The fourth-order valence-corrected chi connectivity index (χ4v) is 3.22. The molecule has 126 valence electrons. The van der Waals surface area contributed by atoms with E-state index in [1.165, 1.54) is 29.5 Å². The van der Waals surface area contributed by atoms with Gasteiger partial charge in [0.2, 0.25) is 0 Å². The van der Waals surface area contributed by atoms with E-state index in [1.807, 2.05) is 51.1 Å². The lowest BCUT2D eigenvalue weighted by Crippen LogP contribution is -2.31. The maximum absolute atomic E-state index is 12.5. The average molecular weight is 323 g/mol. The summed E-state index contributed by atoms with van der Waals surface area (Å²) in [5.41, 5.74) is 5.75. The Morgan fingerprint density at radius 3 is 2.67 bits per heavy atom. The first kappa shape index (κ1) is 16.6. The summed E-state index contributed by atoms with van der Waals surface area (Å²) in [6.07, 6.45) is 4.04. The van der Waals surface area contributed by atoms with Crippen LogP contribution >= 0.6 is 0 Å². The number of hydrogen-bond donors (Lipinski definition) is 1. The summed E-state index contributed by atoms with van der Waals surface area (Å²) >= 11 is 0. The smallest absolute Gasteiger partial charge is 0.265 e. The molecule has 1 aliphatic carbocycles. The van der Waals surface area contributed by atoms with Crippen LogP contribution in [0.2, 0.25) is 0 Å². The molecule has 2 aromatic carbocycles. The number of aryl methyl sites for hydroxylation is 2. The Morgan fingerprint density at radius 1 is 1.08 bits per heavy atom. The molecular weight excluding hydrogens is 298 g/mol. The highest BCUT2D eigenvalue weighted by Crippen LogP contribution is 2.30. The summed E-state index contributed by atoms with van der Waals surface area (Å²) in [4.78, 5) is 12.5. The average Bonchev–Trinajstić information content (AvgIpc) is 2.59. The van der Waals surface area contributed by atoms with Gasteiger partial charge >= 0.3 is 0 Å². The molecule has 0 aliphatic heterocycles. The van der Waals surface area contributed by atoms with E-state index in [0.29, 0.717) is 0 Å². The normalized spacial score (nSPS) is 14.6. The third-order valence-corrected chi connectivity index (χ3v) is 4.89. The van der Waals surface area contributed by atoms with Crippen LogP contribution in [0.1, 0.15) is 42.0 Å². The van der Waals surface area contributed by atoms with E-state index in [0.717, 1.165) is 29.8 Å². The molecule has 3 heteroatoms. The zero-order valence-electron chi connectivity index (χ0n) is 14.7. The molecule has 2 aromatic rings. The van der Waals surface area contributed by atoms with Crippen molar-refractivity contribution in [3.8, 4) is 5.75 Å². The van der Waals surface area contributed by atoms with Gasteiger partial charge in [-0.3, -0.25) is 4.79 Å². The lowest BCUT2D eigenvalue weighted by atomic mass is 9.91. The maximum atomic E-state index is 12.5. The molecule has 1 atom stereocenters. The van der Waals surface area contributed by atoms with Crippen molar-refractivity contribution in [3.05, 3.63) is 58.7 Å². The molecule has 1 N–H and O–H groups in total. The van der Waals surface area contributed by atoms with Crippen LogP contribution in [0.5, 0.6) is 5.75 Å². The van der Waals surface area contributed by atoms with E-state index in [1.54, 1.807) is 0 Å². The number of amides is 1. The van der Waals surface area contributed by atoms with Crippen LogP contribution in [0.25, 0.3) is 0 Å². The number of ether oxygens (including phenoxy) is 1. The fourth-order valence-electron chi connectivity index (χ4n) is 3.22. The van der Waals surface area contributed by atoms with Gasteiger partial charge in [0.15, 0.2) is 6.10 Å². The zero-order chi connectivity index (χ0) is 17.1. The van der Waals surface area contributed by atoms with Gasteiger partial charge in [-0.25, -0.2) is 0 Å². The molecule has 1 aliphatic rings. The molecule has 0 bridgehead atoms. The molecule has 0 fully saturated rings. The van der Waals surface area contributed by atoms with Crippen LogP contribution in [-0.2, 0) is 17.6 Å². The lowest BCUT2D eigenvalue weighted by molar-refractivity contribution is -0.122. The third kappa shape index (κ3) is 3.45. The van der Waals surface area contributed by atoms with Crippen LogP contribution < -0.4 is 10.1 Å². The number of carbonyl (C=O) groups excluding carboxylic acids is 1. The molecule has 24 heavy (non-hydrogen) atoms. The second kappa shape index (κ2) is 7.08. The van der Waals surface area contributed by atoms with E-state index < -0.39 is 6.10 Å². The van der Waals surface area contributed by atoms with E-state index >= 15 is 0 Å². The minimum atomic E-state index is -0.529. The van der Waals surface area contributed by atoms with Crippen LogP contribution in [-0.4, -0.2) is 12.0 Å². The first-order valence-corrected chi connectivity index (χ1v) is 8.71. The molecular formula is C21H25NO2. The van der Waals surface area contributed by atoms with E-state index in [2.05, 4.69) is 11.4 Å². The molecule has 3 rings (SSSR count). The van der Waals surface area contributed by atoms with E-state index in [9.17, 15) is 4.79 Å². The Kier molecular flexibility index (Phi) is 4.89. The predicted molar refractivity (Wildman–Crippen MR) is 97.7 cm³/mol. The van der Waals surface area contributed by atoms with Gasteiger partial charge in [-0.05, 0) is 80.8 Å². The van der Waals surface area contributed by atoms with Crippen molar-refractivity contribution in [2.75, 3.05) is 5.32 Å². The van der Waals surface area contributed by atoms with Crippen molar-refractivity contribution in [3.63, 3.8) is 0 Å². The van der Waals surface area contributed by atoms with Crippen LogP contribution in [0, 0.1) is 13.8 Å². The van der Waals surface area contributed by atoms with Crippen molar-refractivity contribution < 1.29 is 9.53 Å². The van der Waals surface area contributed by atoms with Crippen LogP contribution in [0.3, 0.4) is 0 Å². The van der Waals surface area contributed by atoms with Gasteiger partial charge in [0.1, 0.15) is 5.75 Å². The van der Waals surface area contributed by atoms with Crippen molar-refractivity contribution in [1.29, 1.82) is 0 Å². The van der Waals surface area contributed by atoms with Gasteiger partial charge in [0, 0.05) is 5.69 Å². The standard InChI is InChI=1S/C21H25NO2/c1-14-8-6-12-19(15(14)2)22-21(23)16(3)24-20-13-7-10-17-9-4-5-11-18(17)20/h6-8,10,12-13,16H,4-5,9,11H2,1-3H3,(H,22,23)/t16-/m1/s1. The Balaban J connectivity index is 1.72. The molecule has 0 radical (unpaired) electrons. The lowest BCUT2D eigenvalue weighted by Gasteiger charge is -2.22. The maximum Gasteiger partial charge on any atom is 0.265 e. The number of carbonyl (C=O) groups is 1. The topological polar surface area (TPSA) is 38.3 Å². The number of nitrogens with one attached hydrogen (secondary N) is 1. The number of fused-ring (bicyclic) bond motifs is 1. The second-order valence-electron chi connectivity index (χ2n) is 6.60. The molecule has 0 spiro atoms. The fraction of sp³-hybridized carbons (Fsp3) is 0.381. The quantitative estimate of drug-likeness (QED) is 0.894. The minimum absolute atomic E-state index is 0.114.